The molecule has 18 heavy (non-hydrogen) atoms. The van der Waals surface area contributed by atoms with Crippen molar-refractivity contribution in [3.63, 3.8) is 0 Å². The van der Waals surface area contributed by atoms with E-state index >= 15 is 0 Å². The molecule has 0 bridgehead atoms. The van der Waals surface area contributed by atoms with Gasteiger partial charge < -0.3 is 15.2 Å². The van der Waals surface area contributed by atoms with Crippen LogP contribution in [0, 0.1) is 0 Å². The van der Waals surface area contributed by atoms with E-state index in [1.807, 2.05) is 12.1 Å². The summed E-state index contributed by atoms with van der Waals surface area (Å²) in [6.45, 7) is 4.11. The smallest absolute Gasteiger partial charge is 0.121 e. The zero-order chi connectivity index (χ0) is 12.9. The van der Waals surface area contributed by atoms with Crippen LogP contribution in [0.3, 0.4) is 0 Å². The SMILES string of the molecule is CC(C)c1c(O)ccc2c1[nH]c1cc(O)ccc12. The van der Waals surface area contributed by atoms with Gasteiger partial charge in [-0.25, -0.2) is 0 Å². The molecule has 0 saturated carbocycles. The van der Waals surface area contributed by atoms with Crippen LogP contribution in [0.25, 0.3) is 21.8 Å². The molecule has 0 aliphatic rings. The van der Waals surface area contributed by atoms with E-state index in [2.05, 4.69) is 18.8 Å². The normalized spacial score (nSPS) is 11.7. The molecule has 3 heteroatoms. The first kappa shape index (κ1) is 11.0. The molecule has 0 saturated heterocycles. The van der Waals surface area contributed by atoms with Crippen LogP contribution in [0.15, 0.2) is 30.3 Å². The Morgan fingerprint density at radius 2 is 1.72 bits per heavy atom. The van der Waals surface area contributed by atoms with E-state index in [1.54, 1.807) is 18.2 Å². The standard InChI is InChI=1S/C15H15NO2/c1-8(2)14-13(18)6-5-11-10-4-3-9(17)7-12(10)16-15(11)14/h3-8,16-18H,1-2H3. The van der Waals surface area contributed by atoms with Gasteiger partial charge in [0.2, 0.25) is 0 Å². The number of hydrogen-bond acceptors (Lipinski definition) is 2. The highest BCUT2D eigenvalue weighted by molar-refractivity contribution is 6.09. The monoisotopic (exact) mass is 241 g/mol. The minimum absolute atomic E-state index is 0.232. The first-order valence-corrected chi connectivity index (χ1v) is 6.04. The van der Waals surface area contributed by atoms with Gasteiger partial charge in [-0.05, 0) is 30.2 Å². The van der Waals surface area contributed by atoms with Crippen molar-refractivity contribution in [1.29, 1.82) is 0 Å². The van der Waals surface area contributed by atoms with Crippen LogP contribution >= 0.6 is 0 Å². The maximum Gasteiger partial charge on any atom is 0.121 e. The molecule has 0 unspecified atom stereocenters. The maximum atomic E-state index is 9.99. The number of phenolic OH excluding ortho intramolecular Hbond substituents is 2. The minimum Gasteiger partial charge on any atom is -0.508 e. The van der Waals surface area contributed by atoms with E-state index in [4.69, 9.17) is 0 Å². The van der Waals surface area contributed by atoms with Crippen LogP contribution < -0.4 is 0 Å². The first-order valence-electron chi connectivity index (χ1n) is 6.04. The molecule has 3 N–H and O–H groups in total. The molecule has 3 aromatic rings. The number of rotatable bonds is 1. The molecule has 3 rings (SSSR count). The van der Waals surface area contributed by atoms with E-state index in [1.165, 1.54) is 0 Å². The van der Waals surface area contributed by atoms with Crippen LogP contribution in [0.5, 0.6) is 11.5 Å². The predicted octanol–water partition coefficient (Wildman–Crippen LogP) is 3.86. The fourth-order valence-electron chi connectivity index (χ4n) is 2.56. The largest absolute Gasteiger partial charge is 0.508 e. The third kappa shape index (κ3) is 1.44. The molecule has 2 aromatic carbocycles. The van der Waals surface area contributed by atoms with Gasteiger partial charge in [0.1, 0.15) is 11.5 Å². The number of aromatic amines is 1. The lowest BCUT2D eigenvalue weighted by Gasteiger charge is -2.09. The van der Waals surface area contributed by atoms with Crippen molar-refractivity contribution in [2.45, 2.75) is 19.8 Å². The highest BCUT2D eigenvalue weighted by atomic mass is 16.3. The Balaban J connectivity index is 2.49. The van der Waals surface area contributed by atoms with Crippen molar-refractivity contribution in [2.24, 2.45) is 0 Å². The van der Waals surface area contributed by atoms with Gasteiger partial charge >= 0.3 is 0 Å². The van der Waals surface area contributed by atoms with Crippen molar-refractivity contribution in [3.05, 3.63) is 35.9 Å². The summed E-state index contributed by atoms with van der Waals surface area (Å²) in [7, 11) is 0. The molecule has 0 amide bonds. The summed E-state index contributed by atoms with van der Waals surface area (Å²) in [5.41, 5.74) is 2.76. The van der Waals surface area contributed by atoms with E-state index in [-0.39, 0.29) is 11.7 Å². The molecule has 92 valence electrons. The summed E-state index contributed by atoms with van der Waals surface area (Å²) in [5.74, 6) is 0.785. The summed E-state index contributed by atoms with van der Waals surface area (Å²) < 4.78 is 0. The predicted molar refractivity (Wildman–Crippen MR) is 73.2 cm³/mol. The first-order chi connectivity index (χ1) is 8.58. The van der Waals surface area contributed by atoms with Gasteiger partial charge in [-0.2, -0.15) is 0 Å². The van der Waals surface area contributed by atoms with Gasteiger partial charge in [0.15, 0.2) is 0 Å². The summed E-state index contributed by atoms with van der Waals surface area (Å²) >= 11 is 0. The molecule has 0 aliphatic carbocycles. The number of H-pyrrole nitrogens is 1. The molecule has 0 atom stereocenters. The molecule has 0 fully saturated rings. The minimum atomic E-state index is 0.232. The van der Waals surface area contributed by atoms with Gasteiger partial charge in [-0.1, -0.05) is 13.8 Å². The number of aromatic hydroxyl groups is 2. The third-order valence-electron chi connectivity index (χ3n) is 3.35. The van der Waals surface area contributed by atoms with Crippen LogP contribution in [-0.4, -0.2) is 15.2 Å². The second-order valence-corrected chi connectivity index (χ2v) is 4.93. The van der Waals surface area contributed by atoms with Gasteiger partial charge in [0.05, 0.1) is 11.0 Å². The number of aromatic nitrogens is 1. The van der Waals surface area contributed by atoms with Crippen molar-refractivity contribution >= 4 is 21.8 Å². The number of benzene rings is 2. The lowest BCUT2D eigenvalue weighted by atomic mass is 9.99. The maximum absolute atomic E-state index is 9.99. The van der Waals surface area contributed by atoms with Crippen molar-refractivity contribution in [1.82, 2.24) is 4.98 Å². The van der Waals surface area contributed by atoms with Crippen LogP contribution in [0.2, 0.25) is 0 Å². The number of phenols is 2. The zero-order valence-electron chi connectivity index (χ0n) is 10.4. The van der Waals surface area contributed by atoms with Gasteiger partial charge in [-0.3, -0.25) is 0 Å². The van der Waals surface area contributed by atoms with Crippen molar-refractivity contribution in [2.75, 3.05) is 0 Å². The van der Waals surface area contributed by atoms with Crippen LogP contribution in [0.1, 0.15) is 25.3 Å². The second kappa shape index (κ2) is 3.67. The summed E-state index contributed by atoms with van der Waals surface area (Å²) in [6, 6.07) is 8.92. The molecular formula is C15H15NO2. The van der Waals surface area contributed by atoms with Gasteiger partial charge in [0.25, 0.3) is 0 Å². The molecule has 0 spiro atoms. The average molecular weight is 241 g/mol. The van der Waals surface area contributed by atoms with Crippen LogP contribution in [-0.2, 0) is 0 Å². The summed E-state index contributed by atoms with van der Waals surface area (Å²) in [6.07, 6.45) is 0. The lowest BCUT2D eigenvalue weighted by molar-refractivity contribution is 0.466. The lowest BCUT2D eigenvalue weighted by Crippen LogP contribution is -1.89. The molecular weight excluding hydrogens is 226 g/mol. The Morgan fingerprint density at radius 1 is 1.00 bits per heavy atom. The highest BCUT2D eigenvalue weighted by Crippen LogP contribution is 2.37. The quantitative estimate of drug-likeness (QED) is 0.606. The topological polar surface area (TPSA) is 56.2 Å². The summed E-state index contributed by atoms with van der Waals surface area (Å²) in [4.78, 5) is 3.29. The number of fused-ring (bicyclic) bond motifs is 3. The average Bonchev–Trinajstić information content (AvgIpc) is 2.64. The number of hydrogen-bond donors (Lipinski definition) is 3. The fourth-order valence-corrected chi connectivity index (χ4v) is 2.56. The highest BCUT2D eigenvalue weighted by Gasteiger charge is 2.14. The molecule has 0 radical (unpaired) electrons. The fraction of sp³-hybridized carbons (Fsp3) is 0.200. The van der Waals surface area contributed by atoms with Crippen LogP contribution in [0.4, 0.5) is 0 Å². The zero-order valence-corrected chi connectivity index (χ0v) is 10.4. The molecule has 1 aromatic heterocycles. The molecule has 1 heterocycles. The third-order valence-corrected chi connectivity index (χ3v) is 3.35. The van der Waals surface area contributed by atoms with Crippen molar-refractivity contribution < 1.29 is 10.2 Å². The van der Waals surface area contributed by atoms with E-state index in [9.17, 15) is 10.2 Å². The second-order valence-electron chi connectivity index (χ2n) is 4.93. The van der Waals surface area contributed by atoms with Gasteiger partial charge in [0, 0.05) is 22.4 Å². The Kier molecular flexibility index (Phi) is 2.23. The van der Waals surface area contributed by atoms with E-state index in [0.29, 0.717) is 5.75 Å². The molecule has 0 aliphatic heterocycles. The van der Waals surface area contributed by atoms with E-state index in [0.717, 1.165) is 27.4 Å². The number of nitrogens with one attached hydrogen (secondary N) is 1. The Morgan fingerprint density at radius 3 is 2.44 bits per heavy atom. The van der Waals surface area contributed by atoms with E-state index < -0.39 is 0 Å². The molecule has 3 nitrogen and oxygen atoms in total. The van der Waals surface area contributed by atoms with Gasteiger partial charge in [-0.15, -0.1) is 0 Å². The Hall–Kier alpha value is -2.16. The Labute approximate surface area is 105 Å². The van der Waals surface area contributed by atoms with Crippen molar-refractivity contribution in [3.8, 4) is 11.5 Å². The Bertz CT molecular complexity index is 741. The summed E-state index contributed by atoms with van der Waals surface area (Å²) in [5, 5.41) is 21.6.